The van der Waals surface area contributed by atoms with Gasteiger partial charge in [0.15, 0.2) is 0 Å². The van der Waals surface area contributed by atoms with Crippen molar-refractivity contribution in [2.24, 2.45) is 5.84 Å². The average Bonchev–Trinajstić information content (AvgIpc) is 2.27. The van der Waals surface area contributed by atoms with Crippen LogP contribution in [0.1, 0.15) is 30.9 Å². The Morgan fingerprint density at radius 2 is 2.00 bits per heavy atom. The summed E-state index contributed by atoms with van der Waals surface area (Å²) < 4.78 is 37.0. The first kappa shape index (κ1) is 15.3. The highest BCUT2D eigenvalue weighted by atomic mass is 79.9. The summed E-state index contributed by atoms with van der Waals surface area (Å²) in [6, 6.07) is 4.83. The summed E-state index contributed by atoms with van der Waals surface area (Å²) in [5.74, 6) is 5.37. The molecule has 0 bridgehead atoms. The van der Waals surface area contributed by atoms with Crippen LogP contribution in [0.15, 0.2) is 22.7 Å². The van der Waals surface area contributed by atoms with Gasteiger partial charge in [0.25, 0.3) is 0 Å². The van der Waals surface area contributed by atoms with Gasteiger partial charge in [-0.3, -0.25) is 11.3 Å². The van der Waals surface area contributed by atoms with Gasteiger partial charge < -0.3 is 5.73 Å². The molecule has 18 heavy (non-hydrogen) atoms. The molecule has 0 fully saturated rings. The van der Waals surface area contributed by atoms with Gasteiger partial charge in [-0.1, -0.05) is 15.9 Å². The molecule has 3 nitrogen and oxygen atoms in total. The van der Waals surface area contributed by atoms with Crippen molar-refractivity contribution in [2.45, 2.75) is 31.5 Å². The van der Waals surface area contributed by atoms with Crippen molar-refractivity contribution >= 4 is 21.6 Å². The predicted octanol–water partition coefficient (Wildman–Crippen LogP) is 3.27. The monoisotopic (exact) mass is 325 g/mol. The Kier molecular flexibility index (Phi) is 5.43. The van der Waals surface area contributed by atoms with Crippen LogP contribution >= 0.6 is 15.9 Å². The van der Waals surface area contributed by atoms with Crippen molar-refractivity contribution in [3.63, 3.8) is 0 Å². The number of hydrogen-bond acceptors (Lipinski definition) is 3. The zero-order valence-electron chi connectivity index (χ0n) is 9.60. The molecule has 1 aromatic carbocycles. The predicted molar refractivity (Wildman–Crippen MR) is 68.5 cm³/mol. The maximum absolute atomic E-state index is 12.1. The van der Waals surface area contributed by atoms with Crippen molar-refractivity contribution in [2.75, 3.05) is 5.73 Å². The van der Waals surface area contributed by atoms with Crippen LogP contribution in [-0.2, 0) is 0 Å². The number of benzene rings is 1. The van der Waals surface area contributed by atoms with Gasteiger partial charge in [0.05, 0.1) is 0 Å². The van der Waals surface area contributed by atoms with Gasteiger partial charge in [-0.15, -0.1) is 0 Å². The highest BCUT2D eigenvalue weighted by Gasteiger charge is 2.27. The Morgan fingerprint density at radius 1 is 1.33 bits per heavy atom. The van der Waals surface area contributed by atoms with Gasteiger partial charge in [0.1, 0.15) is 0 Å². The van der Waals surface area contributed by atoms with Gasteiger partial charge in [0.2, 0.25) is 0 Å². The minimum atomic E-state index is -4.14. The molecule has 0 aromatic heterocycles. The van der Waals surface area contributed by atoms with E-state index in [9.17, 15) is 13.2 Å². The SMILES string of the molecule is NNC(CCCC(F)(F)F)c1cc(Br)ccc1N. The fourth-order valence-electron chi connectivity index (χ4n) is 1.68. The third-order valence-electron chi connectivity index (χ3n) is 2.58. The molecule has 0 aliphatic rings. The van der Waals surface area contributed by atoms with Crippen LogP contribution in [0.3, 0.4) is 0 Å². The van der Waals surface area contributed by atoms with Crippen LogP contribution in [-0.4, -0.2) is 6.18 Å². The summed E-state index contributed by atoms with van der Waals surface area (Å²) in [7, 11) is 0. The Labute approximate surface area is 112 Å². The van der Waals surface area contributed by atoms with Gasteiger partial charge >= 0.3 is 6.18 Å². The Hall–Kier alpha value is -0.790. The Bertz CT molecular complexity index is 396. The molecule has 0 heterocycles. The van der Waals surface area contributed by atoms with E-state index in [1.54, 1.807) is 18.2 Å². The van der Waals surface area contributed by atoms with Crippen molar-refractivity contribution in [3.8, 4) is 0 Å². The minimum Gasteiger partial charge on any atom is -0.398 e. The molecule has 102 valence electrons. The van der Waals surface area contributed by atoms with Gasteiger partial charge in [-0.05, 0) is 36.6 Å². The third-order valence-corrected chi connectivity index (χ3v) is 3.07. The van der Waals surface area contributed by atoms with E-state index in [1.165, 1.54) is 0 Å². The summed E-state index contributed by atoms with van der Waals surface area (Å²) in [5, 5.41) is 0. The number of nitrogen functional groups attached to an aromatic ring is 1. The molecule has 1 atom stereocenters. The molecule has 1 aromatic rings. The fourth-order valence-corrected chi connectivity index (χ4v) is 2.06. The number of rotatable bonds is 5. The van der Waals surface area contributed by atoms with Gasteiger partial charge in [0, 0.05) is 22.6 Å². The number of hydrogen-bond donors (Lipinski definition) is 3. The van der Waals surface area contributed by atoms with E-state index in [0.717, 1.165) is 4.47 Å². The maximum atomic E-state index is 12.1. The van der Waals surface area contributed by atoms with Crippen molar-refractivity contribution in [1.82, 2.24) is 5.43 Å². The number of alkyl halides is 3. The molecular weight excluding hydrogens is 311 g/mol. The molecule has 0 saturated heterocycles. The number of anilines is 1. The molecule has 0 saturated carbocycles. The Morgan fingerprint density at radius 3 is 2.56 bits per heavy atom. The second-order valence-corrected chi connectivity index (χ2v) is 4.92. The molecule has 0 spiro atoms. The number of halogens is 4. The first-order valence-electron chi connectivity index (χ1n) is 5.41. The van der Waals surface area contributed by atoms with E-state index in [2.05, 4.69) is 21.4 Å². The summed E-state index contributed by atoms with van der Waals surface area (Å²) in [4.78, 5) is 0. The van der Waals surface area contributed by atoms with E-state index in [1.807, 2.05) is 0 Å². The van der Waals surface area contributed by atoms with Crippen LogP contribution in [0.4, 0.5) is 18.9 Å². The number of hydrazine groups is 1. The highest BCUT2D eigenvalue weighted by Crippen LogP contribution is 2.29. The summed E-state index contributed by atoms with van der Waals surface area (Å²) >= 11 is 3.29. The Balaban J connectivity index is 2.68. The second-order valence-electron chi connectivity index (χ2n) is 4.00. The lowest BCUT2D eigenvalue weighted by Crippen LogP contribution is -2.29. The van der Waals surface area contributed by atoms with Crippen LogP contribution < -0.4 is 17.0 Å². The van der Waals surface area contributed by atoms with Crippen LogP contribution in [0, 0.1) is 0 Å². The maximum Gasteiger partial charge on any atom is 0.389 e. The average molecular weight is 326 g/mol. The fraction of sp³-hybridized carbons (Fsp3) is 0.455. The lowest BCUT2D eigenvalue weighted by Gasteiger charge is -2.19. The van der Waals surface area contributed by atoms with Gasteiger partial charge in [-0.25, -0.2) is 0 Å². The summed E-state index contributed by atoms with van der Waals surface area (Å²) in [6.07, 6.45) is -4.68. The molecule has 1 unspecified atom stereocenters. The van der Waals surface area contributed by atoms with Crippen molar-refractivity contribution in [1.29, 1.82) is 0 Å². The van der Waals surface area contributed by atoms with E-state index in [-0.39, 0.29) is 18.9 Å². The first-order valence-corrected chi connectivity index (χ1v) is 6.20. The van der Waals surface area contributed by atoms with E-state index >= 15 is 0 Å². The zero-order chi connectivity index (χ0) is 13.8. The normalized spacial score (nSPS) is 13.6. The second kappa shape index (κ2) is 6.40. The largest absolute Gasteiger partial charge is 0.398 e. The standard InChI is InChI=1S/C11H15BrF3N3/c12-7-3-4-9(16)8(6-7)10(18-17)2-1-5-11(13,14)15/h3-4,6,10,18H,1-2,5,16-17H2. The number of nitrogens with two attached hydrogens (primary N) is 2. The molecule has 7 heteroatoms. The lowest BCUT2D eigenvalue weighted by atomic mass is 10.00. The molecule has 0 aliphatic heterocycles. The van der Waals surface area contributed by atoms with E-state index < -0.39 is 12.6 Å². The van der Waals surface area contributed by atoms with Gasteiger partial charge in [-0.2, -0.15) is 13.2 Å². The minimum absolute atomic E-state index is 0.00429. The van der Waals surface area contributed by atoms with Crippen LogP contribution in [0.5, 0.6) is 0 Å². The molecule has 1 rings (SSSR count). The van der Waals surface area contributed by atoms with Crippen molar-refractivity contribution in [3.05, 3.63) is 28.2 Å². The zero-order valence-corrected chi connectivity index (χ0v) is 11.2. The van der Waals surface area contributed by atoms with Crippen LogP contribution in [0.25, 0.3) is 0 Å². The molecule has 0 radical (unpaired) electrons. The quantitative estimate of drug-likeness (QED) is 0.442. The number of nitrogens with one attached hydrogen (secondary N) is 1. The van der Waals surface area contributed by atoms with E-state index in [4.69, 9.17) is 11.6 Å². The molecular formula is C11H15BrF3N3. The molecule has 0 amide bonds. The smallest absolute Gasteiger partial charge is 0.389 e. The highest BCUT2D eigenvalue weighted by molar-refractivity contribution is 9.10. The molecule has 5 N–H and O–H groups in total. The lowest BCUT2D eigenvalue weighted by molar-refractivity contribution is -0.135. The topological polar surface area (TPSA) is 64.1 Å². The molecule has 0 aliphatic carbocycles. The summed E-state index contributed by atoms with van der Waals surface area (Å²) in [5.41, 5.74) is 9.50. The third kappa shape index (κ3) is 4.83. The van der Waals surface area contributed by atoms with E-state index in [0.29, 0.717) is 11.3 Å². The van der Waals surface area contributed by atoms with Crippen LogP contribution in [0.2, 0.25) is 0 Å². The summed E-state index contributed by atoms with van der Waals surface area (Å²) in [6.45, 7) is 0. The van der Waals surface area contributed by atoms with Crippen molar-refractivity contribution < 1.29 is 13.2 Å². The first-order chi connectivity index (χ1) is 8.33.